The number of rotatable bonds is 3. The third-order valence-corrected chi connectivity index (χ3v) is 3.15. The Balaban J connectivity index is 2.11. The first kappa shape index (κ1) is 12.4. The van der Waals surface area contributed by atoms with Gasteiger partial charge in [-0.1, -0.05) is 47.2 Å². The van der Waals surface area contributed by atoms with E-state index in [4.69, 9.17) is 0 Å². The average Bonchev–Trinajstić information content (AvgIpc) is 2.42. The topological polar surface area (TPSA) is 69.8 Å². The van der Waals surface area contributed by atoms with Gasteiger partial charge in [0.1, 0.15) is 0 Å². The van der Waals surface area contributed by atoms with Gasteiger partial charge in [-0.3, -0.25) is 0 Å². The number of nitrogens with zero attached hydrogens (tertiary/aromatic N) is 5. The molecular weight excluding hydrogens is 250 g/mol. The largest absolute Gasteiger partial charge is 0.233 e. The molecule has 0 radical (unpaired) electrons. The standard InChI is InChI=1S/C11H11N5OS/c1-9-8-18-11(14-13-9)16(15-17)12-7-10-5-3-2-4-6-10/h2-7H,8H2,1H3/b12-7+. The molecule has 0 spiro atoms. The van der Waals surface area contributed by atoms with Crippen molar-refractivity contribution in [3.63, 3.8) is 0 Å². The van der Waals surface area contributed by atoms with Crippen molar-refractivity contribution in [2.24, 2.45) is 20.6 Å². The van der Waals surface area contributed by atoms with E-state index in [1.807, 2.05) is 37.3 Å². The number of hydrazone groups is 1. The van der Waals surface area contributed by atoms with Crippen molar-refractivity contribution in [1.82, 2.24) is 5.12 Å². The van der Waals surface area contributed by atoms with E-state index in [-0.39, 0.29) is 0 Å². The van der Waals surface area contributed by atoms with Gasteiger partial charge in [-0.05, 0) is 12.5 Å². The molecule has 0 atom stereocenters. The molecule has 0 aromatic heterocycles. The highest BCUT2D eigenvalue weighted by Gasteiger charge is 2.15. The van der Waals surface area contributed by atoms with Crippen molar-refractivity contribution in [1.29, 1.82) is 0 Å². The molecule has 6 nitrogen and oxygen atoms in total. The van der Waals surface area contributed by atoms with Gasteiger partial charge in [-0.2, -0.15) is 10.2 Å². The van der Waals surface area contributed by atoms with Crippen LogP contribution < -0.4 is 0 Å². The zero-order chi connectivity index (χ0) is 12.8. The maximum absolute atomic E-state index is 10.7. The van der Waals surface area contributed by atoms with E-state index >= 15 is 0 Å². The molecule has 0 aliphatic carbocycles. The van der Waals surface area contributed by atoms with Crippen molar-refractivity contribution in [3.05, 3.63) is 40.8 Å². The summed E-state index contributed by atoms with van der Waals surface area (Å²) < 4.78 is 0. The summed E-state index contributed by atoms with van der Waals surface area (Å²) in [5, 5.41) is 15.9. The van der Waals surface area contributed by atoms with Crippen LogP contribution in [0.4, 0.5) is 0 Å². The Labute approximate surface area is 108 Å². The van der Waals surface area contributed by atoms with Crippen molar-refractivity contribution in [3.8, 4) is 0 Å². The first-order valence-electron chi connectivity index (χ1n) is 5.26. The van der Waals surface area contributed by atoms with E-state index in [1.54, 1.807) is 6.21 Å². The summed E-state index contributed by atoms with van der Waals surface area (Å²) in [6.45, 7) is 1.87. The van der Waals surface area contributed by atoms with Crippen LogP contribution in [0.2, 0.25) is 0 Å². The van der Waals surface area contributed by atoms with Gasteiger partial charge >= 0.3 is 0 Å². The van der Waals surface area contributed by atoms with Crippen LogP contribution in [0.3, 0.4) is 0 Å². The molecule has 0 fully saturated rings. The highest BCUT2D eigenvalue weighted by Crippen LogP contribution is 2.15. The Bertz CT molecular complexity index is 511. The number of hydrogen-bond acceptors (Lipinski definition) is 6. The van der Waals surface area contributed by atoms with Gasteiger partial charge in [0.05, 0.1) is 11.5 Å². The number of nitroso groups, excluding NO2 is 1. The number of hydrogen-bond donors (Lipinski definition) is 0. The van der Waals surface area contributed by atoms with Crippen LogP contribution in [0, 0.1) is 4.91 Å². The second-order valence-corrected chi connectivity index (χ2v) is 4.48. The Hall–Kier alpha value is -2.02. The third-order valence-electron chi connectivity index (χ3n) is 2.08. The van der Waals surface area contributed by atoms with Gasteiger partial charge < -0.3 is 0 Å². The van der Waals surface area contributed by atoms with Gasteiger partial charge in [0.15, 0.2) is 0 Å². The van der Waals surface area contributed by atoms with Gasteiger partial charge in [-0.15, -0.1) is 10.0 Å². The lowest BCUT2D eigenvalue weighted by Gasteiger charge is -2.12. The molecule has 0 N–H and O–H groups in total. The molecule has 1 aliphatic heterocycles. The normalized spacial score (nSPS) is 15.2. The summed E-state index contributed by atoms with van der Waals surface area (Å²) in [5.41, 5.74) is 1.79. The fourth-order valence-electron chi connectivity index (χ4n) is 1.22. The number of thioether (sulfide) groups is 1. The second kappa shape index (κ2) is 6.06. The van der Waals surface area contributed by atoms with E-state index in [1.165, 1.54) is 11.8 Å². The average molecular weight is 261 g/mol. The van der Waals surface area contributed by atoms with Crippen LogP contribution >= 0.6 is 11.8 Å². The second-order valence-electron chi connectivity index (χ2n) is 3.53. The molecular formula is C11H11N5OS. The van der Waals surface area contributed by atoms with E-state index in [0.717, 1.165) is 16.4 Å². The smallest absolute Gasteiger partial charge is 0.157 e. The SMILES string of the molecule is CC1=NN=C(N(N=O)/N=C/c2ccccc2)SC1. The lowest BCUT2D eigenvalue weighted by atomic mass is 10.2. The number of benzene rings is 1. The Morgan fingerprint density at radius 3 is 2.72 bits per heavy atom. The summed E-state index contributed by atoms with van der Waals surface area (Å²) >= 11 is 1.38. The van der Waals surface area contributed by atoms with Crippen molar-refractivity contribution < 1.29 is 0 Å². The van der Waals surface area contributed by atoms with Crippen LogP contribution in [-0.4, -0.2) is 28.0 Å². The lowest BCUT2D eigenvalue weighted by Crippen LogP contribution is -2.20. The van der Waals surface area contributed by atoms with Crippen LogP contribution in [0.15, 0.2) is 50.9 Å². The van der Waals surface area contributed by atoms with E-state index in [2.05, 4.69) is 20.6 Å². The molecule has 0 unspecified atom stereocenters. The fraction of sp³-hybridized carbons (Fsp3) is 0.182. The van der Waals surface area contributed by atoms with Crippen LogP contribution in [0.5, 0.6) is 0 Å². The summed E-state index contributed by atoms with van der Waals surface area (Å²) in [5.74, 6) is 0.686. The van der Waals surface area contributed by atoms with Gasteiger partial charge in [0.25, 0.3) is 0 Å². The monoisotopic (exact) mass is 261 g/mol. The molecule has 0 bridgehead atoms. The summed E-state index contributed by atoms with van der Waals surface area (Å²) in [4.78, 5) is 10.7. The van der Waals surface area contributed by atoms with E-state index in [9.17, 15) is 4.91 Å². The zero-order valence-corrected chi connectivity index (χ0v) is 10.5. The molecule has 18 heavy (non-hydrogen) atoms. The van der Waals surface area contributed by atoms with Crippen molar-refractivity contribution in [2.45, 2.75) is 6.92 Å². The molecule has 0 amide bonds. The van der Waals surface area contributed by atoms with Crippen LogP contribution in [-0.2, 0) is 0 Å². The Morgan fingerprint density at radius 2 is 2.11 bits per heavy atom. The molecule has 7 heteroatoms. The van der Waals surface area contributed by atoms with Crippen LogP contribution in [0.25, 0.3) is 0 Å². The molecule has 1 aromatic rings. The molecule has 0 saturated heterocycles. The van der Waals surface area contributed by atoms with Crippen LogP contribution in [0.1, 0.15) is 12.5 Å². The first-order chi connectivity index (χ1) is 8.79. The van der Waals surface area contributed by atoms with E-state index < -0.39 is 0 Å². The van der Waals surface area contributed by atoms with Gasteiger partial charge in [0, 0.05) is 11.5 Å². The number of amidine groups is 1. The molecule has 2 rings (SSSR count). The highest BCUT2D eigenvalue weighted by molar-refractivity contribution is 8.14. The first-order valence-corrected chi connectivity index (χ1v) is 6.24. The van der Waals surface area contributed by atoms with Crippen molar-refractivity contribution in [2.75, 3.05) is 5.75 Å². The maximum atomic E-state index is 10.7. The predicted molar refractivity (Wildman–Crippen MR) is 74.7 cm³/mol. The summed E-state index contributed by atoms with van der Waals surface area (Å²) in [6.07, 6.45) is 1.55. The van der Waals surface area contributed by atoms with Crippen molar-refractivity contribution >= 4 is 28.9 Å². The maximum Gasteiger partial charge on any atom is 0.233 e. The fourth-order valence-corrected chi connectivity index (χ4v) is 1.91. The molecule has 92 valence electrons. The minimum atomic E-state index is 0.378. The Morgan fingerprint density at radius 1 is 1.33 bits per heavy atom. The minimum absolute atomic E-state index is 0.378. The summed E-state index contributed by atoms with van der Waals surface area (Å²) in [7, 11) is 0. The quantitative estimate of drug-likeness (QED) is 0.477. The summed E-state index contributed by atoms with van der Waals surface area (Å²) in [6, 6.07) is 9.45. The molecule has 1 aromatic carbocycles. The molecule has 0 saturated carbocycles. The highest BCUT2D eigenvalue weighted by atomic mass is 32.2. The molecule has 1 heterocycles. The minimum Gasteiger partial charge on any atom is -0.157 e. The Kier molecular flexibility index (Phi) is 4.19. The molecule has 1 aliphatic rings. The third kappa shape index (κ3) is 3.24. The van der Waals surface area contributed by atoms with Gasteiger partial charge in [-0.25, -0.2) is 0 Å². The van der Waals surface area contributed by atoms with E-state index in [0.29, 0.717) is 10.9 Å². The lowest BCUT2D eigenvalue weighted by molar-refractivity contribution is 0.480. The zero-order valence-electron chi connectivity index (χ0n) is 9.72. The van der Waals surface area contributed by atoms with Gasteiger partial charge in [0.2, 0.25) is 5.17 Å². The predicted octanol–water partition coefficient (Wildman–Crippen LogP) is 2.48.